The molecule has 1 aliphatic carbocycles. The molecule has 1 aliphatic rings. The van der Waals surface area contributed by atoms with Crippen molar-refractivity contribution in [3.8, 4) is 35.1 Å². The number of rotatable bonds is 6. The fourth-order valence-corrected chi connectivity index (χ4v) is 4.40. The number of nitrogens with zero attached hydrogens (tertiary/aromatic N) is 3. The Bertz CT molecular complexity index is 1340. The molecule has 7 nitrogen and oxygen atoms in total. The number of allylic oxidation sites excluding steroid dienone is 2. The van der Waals surface area contributed by atoms with Crippen LogP contribution in [0.15, 0.2) is 54.9 Å². The molecule has 4 rings (SSSR count). The largest absolute Gasteiger partial charge is 0.493 e. The first-order chi connectivity index (χ1) is 16.1. The quantitative estimate of drug-likeness (QED) is 0.562. The van der Waals surface area contributed by atoms with Gasteiger partial charge in [0.25, 0.3) is 0 Å². The average molecular weight is 439 g/mol. The number of benzene rings is 2. The van der Waals surface area contributed by atoms with Crippen LogP contribution >= 0.6 is 0 Å². The average Bonchev–Trinajstić information content (AvgIpc) is 3.17. The molecule has 0 fully saturated rings. The van der Waals surface area contributed by atoms with Crippen LogP contribution < -0.4 is 18.9 Å². The Kier molecular flexibility index (Phi) is 5.64. The lowest BCUT2D eigenvalue weighted by Crippen LogP contribution is -2.26. The van der Waals surface area contributed by atoms with Gasteiger partial charge in [-0.25, -0.2) is 0 Å². The molecule has 0 radical (unpaired) electrons. The van der Waals surface area contributed by atoms with E-state index in [-0.39, 0.29) is 0 Å². The van der Waals surface area contributed by atoms with E-state index in [1.165, 1.54) is 21.3 Å². The number of fused-ring (bicyclic) bond motifs is 1. The van der Waals surface area contributed by atoms with Crippen LogP contribution in [0.3, 0.4) is 0 Å². The molecule has 0 saturated heterocycles. The summed E-state index contributed by atoms with van der Waals surface area (Å²) < 4.78 is 21.9. The van der Waals surface area contributed by atoms with E-state index in [4.69, 9.17) is 18.9 Å². The molecule has 3 aromatic rings. The van der Waals surface area contributed by atoms with Gasteiger partial charge in [-0.1, -0.05) is 6.07 Å². The van der Waals surface area contributed by atoms with Gasteiger partial charge in [0.1, 0.15) is 11.5 Å². The van der Waals surface area contributed by atoms with Gasteiger partial charge >= 0.3 is 0 Å². The lowest BCUT2D eigenvalue weighted by atomic mass is 9.70. The molecule has 1 unspecified atom stereocenters. The summed E-state index contributed by atoms with van der Waals surface area (Å²) in [5, 5.41) is 21.0. The molecule has 1 aromatic heterocycles. The molecule has 1 heterocycles. The van der Waals surface area contributed by atoms with Crippen molar-refractivity contribution >= 4 is 11.1 Å². The number of hydrogen-bond acceptors (Lipinski definition) is 7. The zero-order valence-corrected chi connectivity index (χ0v) is 18.7. The summed E-state index contributed by atoms with van der Waals surface area (Å²) in [7, 11) is 6.16. The zero-order chi connectivity index (χ0) is 23.6. The van der Waals surface area contributed by atoms with E-state index >= 15 is 0 Å². The van der Waals surface area contributed by atoms with Gasteiger partial charge in [0.15, 0.2) is 23.0 Å². The van der Waals surface area contributed by atoms with Gasteiger partial charge in [0.05, 0.1) is 40.1 Å². The van der Waals surface area contributed by atoms with Crippen LogP contribution in [-0.2, 0) is 5.41 Å². The fraction of sp³-hybridized carbons (Fsp3) is 0.192. The molecule has 164 valence electrons. The van der Waals surface area contributed by atoms with Crippen molar-refractivity contribution in [2.75, 3.05) is 28.4 Å². The second kappa shape index (κ2) is 8.57. The van der Waals surface area contributed by atoms with Gasteiger partial charge in [0.2, 0.25) is 0 Å². The summed E-state index contributed by atoms with van der Waals surface area (Å²) in [5.41, 5.74) is 2.21. The maximum Gasteiger partial charge on any atom is 0.161 e. The number of nitriles is 2. The normalized spacial score (nSPS) is 16.4. The summed E-state index contributed by atoms with van der Waals surface area (Å²) >= 11 is 0. The molecule has 0 aliphatic heterocycles. The van der Waals surface area contributed by atoms with Crippen molar-refractivity contribution in [2.24, 2.45) is 0 Å². The molecule has 1 atom stereocenters. The van der Waals surface area contributed by atoms with Gasteiger partial charge in [-0.3, -0.25) is 4.98 Å². The number of hydrogen-bond donors (Lipinski definition) is 0. The third-order valence-corrected chi connectivity index (χ3v) is 5.89. The summed E-state index contributed by atoms with van der Waals surface area (Å²) in [6.45, 7) is 0. The fourth-order valence-electron chi connectivity index (χ4n) is 4.40. The number of ether oxygens (including phenoxy) is 4. The Morgan fingerprint density at radius 3 is 1.94 bits per heavy atom. The van der Waals surface area contributed by atoms with Crippen LogP contribution in [-0.4, -0.2) is 33.4 Å². The first-order valence-corrected chi connectivity index (χ1v) is 10.0. The van der Waals surface area contributed by atoms with E-state index in [1.807, 2.05) is 6.07 Å². The molecular weight excluding hydrogens is 418 g/mol. The Balaban J connectivity index is 2.16. The second-order valence-corrected chi connectivity index (χ2v) is 7.28. The van der Waals surface area contributed by atoms with E-state index in [0.717, 1.165) is 0 Å². The predicted octanol–water partition coefficient (Wildman–Crippen LogP) is 4.37. The van der Waals surface area contributed by atoms with Crippen LogP contribution in [0.4, 0.5) is 0 Å². The van der Waals surface area contributed by atoms with Crippen molar-refractivity contribution < 1.29 is 18.9 Å². The van der Waals surface area contributed by atoms with Crippen molar-refractivity contribution in [1.82, 2.24) is 4.98 Å². The molecule has 2 aromatic carbocycles. The first kappa shape index (κ1) is 21.7. The van der Waals surface area contributed by atoms with Crippen LogP contribution in [0.1, 0.15) is 22.3 Å². The Hall–Kier alpha value is -4.49. The Morgan fingerprint density at radius 2 is 1.36 bits per heavy atom. The van der Waals surface area contributed by atoms with Crippen molar-refractivity contribution in [2.45, 2.75) is 5.41 Å². The zero-order valence-electron chi connectivity index (χ0n) is 18.7. The van der Waals surface area contributed by atoms with Gasteiger partial charge < -0.3 is 18.9 Å². The highest BCUT2D eigenvalue weighted by atomic mass is 16.5. The molecule has 7 heteroatoms. The van der Waals surface area contributed by atoms with Crippen LogP contribution in [0.5, 0.6) is 23.0 Å². The number of pyridine rings is 1. The first-order valence-electron chi connectivity index (χ1n) is 10.0. The summed E-state index contributed by atoms with van der Waals surface area (Å²) in [6.07, 6.45) is 3.27. The lowest BCUT2D eigenvalue weighted by Gasteiger charge is -2.28. The van der Waals surface area contributed by atoms with Gasteiger partial charge in [-0.2, -0.15) is 10.5 Å². The van der Waals surface area contributed by atoms with Crippen LogP contribution in [0.2, 0.25) is 0 Å². The highest BCUT2D eigenvalue weighted by Crippen LogP contribution is 2.57. The van der Waals surface area contributed by atoms with Gasteiger partial charge in [0, 0.05) is 23.5 Å². The highest BCUT2D eigenvalue weighted by Gasteiger charge is 2.49. The minimum atomic E-state index is -1.32. The molecule has 33 heavy (non-hydrogen) atoms. The van der Waals surface area contributed by atoms with Crippen molar-refractivity contribution in [1.29, 1.82) is 10.5 Å². The standard InChI is InChI=1S/C26H21N3O4/c1-30-21-6-5-17(11-22(21)31-2)26(15-28)20-13-24(33-4)23(32-3)12-18(20)19(14-27)25(26)16-7-9-29-10-8-16/h5-13H,1-4H3. The maximum absolute atomic E-state index is 10.8. The third kappa shape index (κ3) is 3.14. The summed E-state index contributed by atoms with van der Waals surface area (Å²) in [4.78, 5) is 4.10. The molecule has 0 spiro atoms. The number of aromatic nitrogens is 1. The SMILES string of the molecule is COc1ccc(C2(C#N)C(c3ccncc3)=C(C#N)c3cc(OC)c(OC)cc32)cc1OC. The Morgan fingerprint density at radius 1 is 0.758 bits per heavy atom. The van der Waals surface area contributed by atoms with Crippen LogP contribution in [0, 0.1) is 22.7 Å². The summed E-state index contributed by atoms with van der Waals surface area (Å²) in [5.74, 6) is 1.95. The molecule has 0 amide bonds. The Labute approximate surface area is 192 Å². The van der Waals surface area contributed by atoms with Crippen LogP contribution in [0.25, 0.3) is 11.1 Å². The lowest BCUT2D eigenvalue weighted by molar-refractivity contribution is 0.353. The highest BCUT2D eigenvalue weighted by molar-refractivity contribution is 6.10. The van der Waals surface area contributed by atoms with E-state index in [1.54, 1.807) is 55.9 Å². The number of methoxy groups -OCH3 is 4. The molecule has 0 N–H and O–H groups in total. The third-order valence-electron chi connectivity index (χ3n) is 5.89. The minimum Gasteiger partial charge on any atom is -0.493 e. The topological polar surface area (TPSA) is 97.4 Å². The smallest absolute Gasteiger partial charge is 0.161 e. The second-order valence-electron chi connectivity index (χ2n) is 7.28. The maximum atomic E-state index is 10.8. The van der Waals surface area contributed by atoms with E-state index in [9.17, 15) is 10.5 Å². The summed E-state index contributed by atoms with van der Waals surface area (Å²) in [6, 6.07) is 17.3. The molecule has 0 bridgehead atoms. The van der Waals surface area contributed by atoms with Gasteiger partial charge in [-0.05, 0) is 53.1 Å². The van der Waals surface area contributed by atoms with Crippen molar-refractivity contribution in [3.63, 3.8) is 0 Å². The monoisotopic (exact) mass is 439 g/mol. The predicted molar refractivity (Wildman–Crippen MR) is 122 cm³/mol. The van der Waals surface area contributed by atoms with Crippen molar-refractivity contribution in [3.05, 3.63) is 77.1 Å². The molecule has 0 saturated carbocycles. The van der Waals surface area contributed by atoms with Gasteiger partial charge in [-0.15, -0.1) is 0 Å². The van der Waals surface area contributed by atoms with E-state index in [0.29, 0.717) is 56.4 Å². The molecular formula is C26H21N3O4. The van der Waals surface area contributed by atoms with E-state index in [2.05, 4.69) is 17.1 Å². The minimum absolute atomic E-state index is 0.383. The van der Waals surface area contributed by atoms with E-state index < -0.39 is 5.41 Å².